The number of nitrogens with one attached hydrogen (secondary N) is 1. The lowest BCUT2D eigenvalue weighted by molar-refractivity contribution is 0.207. The number of aliphatic hydroxyl groups is 1. The van der Waals surface area contributed by atoms with E-state index in [1.165, 1.54) is 45.4 Å². The molecule has 2 unspecified atom stereocenters. The topological polar surface area (TPSA) is 38.7 Å². The van der Waals surface area contributed by atoms with Crippen molar-refractivity contribution in [3.63, 3.8) is 0 Å². The van der Waals surface area contributed by atoms with E-state index in [0.717, 1.165) is 25.6 Å². The van der Waals surface area contributed by atoms with E-state index in [4.69, 9.17) is 5.11 Å². The van der Waals surface area contributed by atoms with Gasteiger partial charge in [-0.1, -0.05) is 6.92 Å². The zero-order chi connectivity index (χ0) is 12.8. The first-order valence-corrected chi connectivity index (χ1v) is 7.64. The zero-order valence-electron chi connectivity index (χ0n) is 11.8. The van der Waals surface area contributed by atoms with Crippen LogP contribution < -0.4 is 5.32 Å². The Hall–Kier alpha value is -0.160. The Morgan fingerprint density at radius 2 is 2.06 bits per heavy atom. The van der Waals surface area contributed by atoms with Gasteiger partial charge in [-0.05, 0) is 51.9 Å². The SMILES string of the molecule is CCNC(CCO)CN1CCC(N2CCCC2)C1. The molecule has 106 valence electrons. The highest BCUT2D eigenvalue weighted by Crippen LogP contribution is 2.20. The van der Waals surface area contributed by atoms with Gasteiger partial charge in [0, 0.05) is 31.8 Å². The first-order valence-electron chi connectivity index (χ1n) is 7.64. The van der Waals surface area contributed by atoms with Crippen LogP contribution in [-0.2, 0) is 0 Å². The molecule has 2 saturated heterocycles. The fraction of sp³-hybridized carbons (Fsp3) is 1.00. The molecule has 2 heterocycles. The van der Waals surface area contributed by atoms with Crippen molar-refractivity contribution in [3.8, 4) is 0 Å². The summed E-state index contributed by atoms with van der Waals surface area (Å²) in [6.07, 6.45) is 4.98. The second-order valence-corrected chi connectivity index (χ2v) is 5.71. The van der Waals surface area contributed by atoms with Crippen molar-refractivity contribution >= 4 is 0 Å². The molecular weight excluding hydrogens is 226 g/mol. The van der Waals surface area contributed by atoms with E-state index in [1.54, 1.807) is 0 Å². The Kier molecular flexibility index (Phi) is 5.89. The van der Waals surface area contributed by atoms with E-state index in [0.29, 0.717) is 12.6 Å². The summed E-state index contributed by atoms with van der Waals surface area (Å²) in [5.41, 5.74) is 0. The van der Waals surface area contributed by atoms with Crippen molar-refractivity contribution in [1.82, 2.24) is 15.1 Å². The lowest BCUT2D eigenvalue weighted by atomic mass is 10.2. The molecule has 2 aliphatic rings. The van der Waals surface area contributed by atoms with Crippen LogP contribution >= 0.6 is 0 Å². The van der Waals surface area contributed by atoms with E-state index in [9.17, 15) is 0 Å². The molecule has 0 spiro atoms. The fourth-order valence-corrected chi connectivity index (χ4v) is 3.40. The minimum Gasteiger partial charge on any atom is -0.396 e. The standard InChI is InChI=1S/C14H29N3O/c1-2-15-13(6-10-18)11-16-9-5-14(12-16)17-7-3-4-8-17/h13-15,18H,2-12H2,1H3. The molecule has 0 radical (unpaired) electrons. The molecule has 0 amide bonds. The molecule has 0 aromatic rings. The minimum atomic E-state index is 0.293. The zero-order valence-corrected chi connectivity index (χ0v) is 11.8. The third-order valence-corrected chi connectivity index (χ3v) is 4.35. The monoisotopic (exact) mass is 255 g/mol. The number of likely N-dealkylation sites (N-methyl/N-ethyl adjacent to an activating group) is 1. The highest BCUT2D eigenvalue weighted by Gasteiger charge is 2.29. The maximum Gasteiger partial charge on any atom is 0.0446 e. The Bertz CT molecular complexity index is 225. The average molecular weight is 255 g/mol. The minimum absolute atomic E-state index is 0.293. The van der Waals surface area contributed by atoms with Gasteiger partial charge < -0.3 is 15.3 Å². The predicted octanol–water partition coefficient (Wildman–Crippen LogP) is 0.517. The fourth-order valence-electron chi connectivity index (χ4n) is 3.40. The van der Waals surface area contributed by atoms with Crippen LogP contribution in [0.3, 0.4) is 0 Å². The van der Waals surface area contributed by atoms with Crippen molar-refractivity contribution in [2.75, 3.05) is 45.9 Å². The van der Waals surface area contributed by atoms with Crippen molar-refractivity contribution < 1.29 is 5.11 Å². The van der Waals surface area contributed by atoms with Gasteiger partial charge in [0.1, 0.15) is 0 Å². The molecule has 0 aromatic carbocycles. The van der Waals surface area contributed by atoms with Gasteiger partial charge >= 0.3 is 0 Å². The summed E-state index contributed by atoms with van der Waals surface area (Å²) in [5, 5.41) is 12.6. The molecule has 18 heavy (non-hydrogen) atoms. The summed E-state index contributed by atoms with van der Waals surface area (Å²) in [5.74, 6) is 0. The van der Waals surface area contributed by atoms with Crippen molar-refractivity contribution in [1.29, 1.82) is 0 Å². The third-order valence-electron chi connectivity index (χ3n) is 4.35. The summed E-state index contributed by atoms with van der Waals surface area (Å²) in [6.45, 7) is 9.61. The van der Waals surface area contributed by atoms with Gasteiger partial charge in [0.05, 0.1) is 0 Å². The molecule has 0 aliphatic carbocycles. The molecule has 0 saturated carbocycles. The molecule has 4 heteroatoms. The Morgan fingerprint density at radius 3 is 2.72 bits per heavy atom. The number of hydrogen-bond acceptors (Lipinski definition) is 4. The Balaban J connectivity index is 1.73. The van der Waals surface area contributed by atoms with E-state index in [-0.39, 0.29) is 0 Å². The van der Waals surface area contributed by atoms with Crippen LogP contribution in [0.25, 0.3) is 0 Å². The summed E-state index contributed by atoms with van der Waals surface area (Å²) in [6, 6.07) is 1.25. The van der Waals surface area contributed by atoms with Crippen LogP contribution in [-0.4, -0.2) is 72.9 Å². The number of hydrogen-bond donors (Lipinski definition) is 2. The Labute approximate surface area is 111 Å². The summed E-state index contributed by atoms with van der Waals surface area (Å²) >= 11 is 0. The van der Waals surface area contributed by atoms with Crippen LogP contribution in [0.2, 0.25) is 0 Å². The van der Waals surface area contributed by atoms with Gasteiger partial charge in [-0.25, -0.2) is 0 Å². The van der Waals surface area contributed by atoms with E-state index < -0.39 is 0 Å². The van der Waals surface area contributed by atoms with Gasteiger partial charge in [-0.15, -0.1) is 0 Å². The maximum atomic E-state index is 9.10. The summed E-state index contributed by atoms with van der Waals surface area (Å²) in [7, 11) is 0. The van der Waals surface area contributed by atoms with Crippen LogP contribution in [0.15, 0.2) is 0 Å². The second kappa shape index (κ2) is 7.43. The Morgan fingerprint density at radius 1 is 1.28 bits per heavy atom. The molecule has 0 bridgehead atoms. The van der Waals surface area contributed by atoms with Gasteiger partial charge in [-0.3, -0.25) is 4.90 Å². The normalized spacial score (nSPS) is 28.0. The number of rotatable bonds is 7. The molecule has 2 rings (SSSR count). The molecule has 4 nitrogen and oxygen atoms in total. The first-order chi connectivity index (χ1) is 8.83. The van der Waals surface area contributed by atoms with Crippen molar-refractivity contribution in [2.45, 2.75) is 44.7 Å². The van der Waals surface area contributed by atoms with Gasteiger partial charge in [0.2, 0.25) is 0 Å². The van der Waals surface area contributed by atoms with Gasteiger partial charge in [0.25, 0.3) is 0 Å². The van der Waals surface area contributed by atoms with E-state index >= 15 is 0 Å². The molecular formula is C14H29N3O. The molecule has 2 N–H and O–H groups in total. The number of likely N-dealkylation sites (tertiary alicyclic amines) is 2. The van der Waals surface area contributed by atoms with Crippen molar-refractivity contribution in [2.24, 2.45) is 0 Å². The van der Waals surface area contributed by atoms with Gasteiger partial charge in [0.15, 0.2) is 0 Å². The van der Waals surface area contributed by atoms with Crippen LogP contribution in [0.1, 0.15) is 32.6 Å². The summed E-state index contributed by atoms with van der Waals surface area (Å²) in [4.78, 5) is 5.25. The maximum absolute atomic E-state index is 9.10. The van der Waals surface area contributed by atoms with E-state index in [2.05, 4.69) is 22.0 Å². The van der Waals surface area contributed by atoms with Crippen molar-refractivity contribution in [3.05, 3.63) is 0 Å². The second-order valence-electron chi connectivity index (χ2n) is 5.71. The lowest BCUT2D eigenvalue weighted by Crippen LogP contribution is -2.42. The lowest BCUT2D eigenvalue weighted by Gasteiger charge is -2.26. The predicted molar refractivity (Wildman–Crippen MR) is 74.8 cm³/mol. The van der Waals surface area contributed by atoms with Crippen LogP contribution in [0, 0.1) is 0 Å². The van der Waals surface area contributed by atoms with Crippen LogP contribution in [0.5, 0.6) is 0 Å². The highest BCUT2D eigenvalue weighted by atomic mass is 16.3. The quantitative estimate of drug-likeness (QED) is 0.695. The smallest absolute Gasteiger partial charge is 0.0446 e. The molecule has 2 atom stereocenters. The first kappa shape index (κ1) is 14.3. The number of aliphatic hydroxyl groups excluding tert-OH is 1. The largest absolute Gasteiger partial charge is 0.396 e. The number of nitrogens with zero attached hydrogens (tertiary/aromatic N) is 2. The molecule has 2 fully saturated rings. The van der Waals surface area contributed by atoms with Gasteiger partial charge in [-0.2, -0.15) is 0 Å². The van der Waals surface area contributed by atoms with E-state index in [1.807, 2.05) is 0 Å². The highest BCUT2D eigenvalue weighted by molar-refractivity contribution is 4.87. The molecule has 0 aromatic heterocycles. The summed E-state index contributed by atoms with van der Waals surface area (Å²) < 4.78 is 0. The average Bonchev–Trinajstić information content (AvgIpc) is 2.98. The molecule has 2 aliphatic heterocycles. The van der Waals surface area contributed by atoms with Crippen LogP contribution in [0.4, 0.5) is 0 Å². The third kappa shape index (κ3) is 3.92.